The predicted octanol–water partition coefficient (Wildman–Crippen LogP) is 4.65. The normalized spacial score (nSPS) is 10.8. The molecule has 4 aromatic carbocycles. The van der Waals surface area contributed by atoms with E-state index in [9.17, 15) is 14.0 Å². The van der Waals surface area contributed by atoms with Crippen LogP contribution in [0.2, 0.25) is 0 Å². The number of rotatable bonds is 6. The summed E-state index contributed by atoms with van der Waals surface area (Å²) in [5.41, 5.74) is 1.37. The number of carbonyl (C=O) groups excluding carboxylic acids is 2. The molecule has 0 atom stereocenters. The Kier molecular flexibility index (Phi) is 5.70. The molecule has 30 heavy (non-hydrogen) atoms. The van der Waals surface area contributed by atoms with Gasteiger partial charge in [0.05, 0.1) is 5.56 Å². The van der Waals surface area contributed by atoms with E-state index in [1.54, 1.807) is 12.1 Å². The molecule has 150 valence electrons. The van der Waals surface area contributed by atoms with E-state index >= 15 is 0 Å². The van der Waals surface area contributed by atoms with Crippen molar-refractivity contribution in [1.82, 2.24) is 5.32 Å². The van der Waals surface area contributed by atoms with Crippen LogP contribution in [0.4, 0.5) is 4.39 Å². The summed E-state index contributed by atoms with van der Waals surface area (Å²) in [6.45, 7) is 0.0129. The van der Waals surface area contributed by atoms with Crippen molar-refractivity contribution >= 4 is 33.4 Å². The van der Waals surface area contributed by atoms with Gasteiger partial charge in [-0.15, -0.1) is 0 Å². The maximum absolute atomic E-state index is 12.9. The summed E-state index contributed by atoms with van der Waals surface area (Å²) in [5, 5.41) is 6.17. The number of hydrogen-bond donors (Lipinski definition) is 1. The Bertz CT molecular complexity index is 1160. The SMILES string of the molecule is O=C(COC(=O)c1c2ccccc2cc2ccccc12)NCCc1ccc(F)cc1. The predicted molar refractivity (Wildman–Crippen MR) is 115 cm³/mol. The molecule has 0 fully saturated rings. The average Bonchev–Trinajstić information content (AvgIpc) is 2.77. The van der Waals surface area contributed by atoms with Gasteiger partial charge in [-0.25, -0.2) is 9.18 Å². The molecule has 4 rings (SSSR count). The minimum atomic E-state index is -0.531. The molecule has 0 aliphatic carbocycles. The van der Waals surface area contributed by atoms with Gasteiger partial charge in [0.1, 0.15) is 5.82 Å². The molecule has 1 N–H and O–H groups in total. The molecular weight excluding hydrogens is 381 g/mol. The first-order valence-electron chi connectivity index (χ1n) is 9.70. The van der Waals surface area contributed by atoms with Gasteiger partial charge in [0, 0.05) is 6.54 Å². The molecule has 0 spiro atoms. The first kappa shape index (κ1) is 19.6. The maximum atomic E-state index is 12.9. The number of benzene rings is 4. The van der Waals surface area contributed by atoms with Crippen LogP contribution in [0.1, 0.15) is 15.9 Å². The Morgan fingerprint density at radius 3 is 2.07 bits per heavy atom. The zero-order valence-electron chi connectivity index (χ0n) is 16.2. The van der Waals surface area contributed by atoms with Gasteiger partial charge in [-0.05, 0) is 51.7 Å². The molecule has 0 aliphatic rings. The van der Waals surface area contributed by atoms with Crippen LogP contribution in [-0.2, 0) is 16.0 Å². The van der Waals surface area contributed by atoms with Gasteiger partial charge < -0.3 is 10.1 Å². The Morgan fingerprint density at radius 1 is 0.833 bits per heavy atom. The lowest BCUT2D eigenvalue weighted by atomic mass is 9.97. The zero-order valence-corrected chi connectivity index (χ0v) is 16.2. The topological polar surface area (TPSA) is 55.4 Å². The molecule has 4 aromatic rings. The largest absolute Gasteiger partial charge is 0.452 e. The van der Waals surface area contributed by atoms with E-state index < -0.39 is 5.97 Å². The van der Waals surface area contributed by atoms with Crippen LogP contribution in [0.5, 0.6) is 0 Å². The first-order valence-corrected chi connectivity index (χ1v) is 9.70. The minimum absolute atomic E-state index is 0.296. The van der Waals surface area contributed by atoms with E-state index in [-0.39, 0.29) is 18.3 Å². The number of esters is 1. The smallest absolute Gasteiger partial charge is 0.339 e. The van der Waals surface area contributed by atoms with Gasteiger partial charge in [-0.3, -0.25) is 4.79 Å². The van der Waals surface area contributed by atoms with Crippen molar-refractivity contribution in [3.8, 4) is 0 Å². The quantitative estimate of drug-likeness (QED) is 0.378. The zero-order chi connectivity index (χ0) is 20.9. The molecule has 0 unspecified atom stereocenters. The van der Waals surface area contributed by atoms with Crippen LogP contribution in [0.3, 0.4) is 0 Å². The number of carbonyl (C=O) groups is 2. The van der Waals surface area contributed by atoms with Gasteiger partial charge >= 0.3 is 5.97 Å². The third-order valence-corrected chi connectivity index (χ3v) is 4.96. The average molecular weight is 401 g/mol. The fraction of sp³-hybridized carbons (Fsp3) is 0.120. The molecule has 0 saturated heterocycles. The van der Waals surface area contributed by atoms with Gasteiger partial charge in [-0.2, -0.15) is 0 Å². The Hall–Kier alpha value is -3.73. The molecule has 0 radical (unpaired) electrons. The summed E-state index contributed by atoms with van der Waals surface area (Å²) in [6, 6.07) is 23.4. The Labute approximate surface area is 173 Å². The molecule has 1 amide bonds. The van der Waals surface area contributed by atoms with Crippen molar-refractivity contribution in [2.75, 3.05) is 13.2 Å². The number of ether oxygens (including phenoxy) is 1. The molecule has 0 aromatic heterocycles. The molecule has 5 heteroatoms. The van der Waals surface area contributed by atoms with Crippen molar-refractivity contribution in [3.63, 3.8) is 0 Å². The standard InChI is InChI=1S/C25H20FNO3/c26-20-11-9-17(10-12-20)13-14-27-23(28)16-30-25(29)24-21-7-3-1-5-18(21)15-19-6-2-4-8-22(19)24/h1-12,15H,13-14,16H2,(H,27,28). The first-order chi connectivity index (χ1) is 14.6. The third kappa shape index (κ3) is 4.30. The van der Waals surface area contributed by atoms with Crippen molar-refractivity contribution in [1.29, 1.82) is 0 Å². The second-order valence-corrected chi connectivity index (χ2v) is 7.00. The molecule has 0 saturated carbocycles. The second kappa shape index (κ2) is 8.74. The summed E-state index contributed by atoms with van der Waals surface area (Å²) in [4.78, 5) is 25.0. The van der Waals surface area contributed by atoms with Gasteiger partial charge in [0.2, 0.25) is 0 Å². The highest BCUT2D eigenvalue weighted by atomic mass is 19.1. The van der Waals surface area contributed by atoms with Gasteiger partial charge in [0.15, 0.2) is 6.61 Å². The monoisotopic (exact) mass is 401 g/mol. The second-order valence-electron chi connectivity index (χ2n) is 7.00. The molecule has 0 aliphatic heterocycles. The molecule has 0 heterocycles. The van der Waals surface area contributed by atoms with Crippen molar-refractivity contribution in [2.45, 2.75) is 6.42 Å². The number of amides is 1. The van der Waals surface area contributed by atoms with E-state index in [4.69, 9.17) is 4.74 Å². The van der Waals surface area contributed by atoms with Crippen LogP contribution in [-0.4, -0.2) is 25.0 Å². The Balaban J connectivity index is 1.43. The van der Waals surface area contributed by atoms with Crippen molar-refractivity contribution in [3.05, 3.63) is 95.8 Å². The lowest BCUT2D eigenvalue weighted by molar-refractivity contribution is -0.124. The fourth-order valence-corrected chi connectivity index (χ4v) is 3.49. The highest BCUT2D eigenvalue weighted by Crippen LogP contribution is 2.29. The molecule has 4 nitrogen and oxygen atoms in total. The summed E-state index contributed by atoms with van der Waals surface area (Å²) in [6.07, 6.45) is 0.563. The summed E-state index contributed by atoms with van der Waals surface area (Å²) in [7, 11) is 0. The summed E-state index contributed by atoms with van der Waals surface area (Å²) >= 11 is 0. The van der Waals surface area contributed by atoms with E-state index in [2.05, 4.69) is 5.32 Å². The van der Waals surface area contributed by atoms with Crippen LogP contribution >= 0.6 is 0 Å². The van der Waals surface area contributed by atoms with Crippen LogP contribution in [0, 0.1) is 5.82 Å². The molecule has 0 bridgehead atoms. The highest BCUT2D eigenvalue weighted by molar-refractivity contribution is 6.16. The number of halogens is 1. The maximum Gasteiger partial charge on any atom is 0.339 e. The van der Waals surface area contributed by atoms with E-state index in [0.717, 1.165) is 27.1 Å². The highest BCUT2D eigenvalue weighted by Gasteiger charge is 2.17. The van der Waals surface area contributed by atoms with E-state index in [1.807, 2.05) is 54.6 Å². The van der Waals surface area contributed by atoms with Crippen molar-refractivity contribution < 1.29 is 18.7 Å². The number of fused-ring (bicyclic) bond motifs is 2. The van der Waals surface area contributed by atoms with Crippen LogP contribution in [0.15, 0.2) is 78.9 Å². The summed E-state index contributed by atoms with van der Waals surface area (Å²) in [5.74, 6) is -1.21. The number of nitrogens with one attached hydrogen (secondary N) is 1. The van der Waals surface area contributed by atoms with E-state index in [1.165, 1.54) is 12.1 Å². The van der Waals surface area contributed by atoms with Crippen molar-refractivity contribution in [2.24, 2.45) is 0 Å². The van der Waals surface area contributed by atoms with Gasteiger partial charge in [0.25, 0.3) is 5.91 Å². The van der Waals surface area contributed by atoms with Crippen LogP contribution < -0.4 is 5.32 Å². The lowest BCUT2D eigenvalue weighted by Crippen LogP contribution is -2.30. The minimum Gasteiger partial charge on any atom is -0.452 e. The summed E-state index contributed by atoms with van der Waals surface area (Å²) < 4.78 is 18.3. The number of hydrogen-bond acceptors (Lipinski definition) is 3. The van der Waals surface area contributed by atoms with Crippen LogP contribution in [0.25, 0.3) is 21.5 Å². The molecular formula is C25H20FNO3. The third-order valence-electron chi connectivity index (χ3n) is 4.96. The van der Waals surface area contributed by atoms with E-state index in [0.29, 0.717) is 18.5 Å². The van der Waals surface area contributed by atoms with Gasteiger partial charge in [-0.1, -0.05) is 60.7 Å². The Morgan fingerprint density at radius 2 is 1.43 bits per heavy atom. The fourth-order valence-electron chi connectivity index (χ4n) is 3.49. The lowest BCUT2D eigenvalue weighted by Gasteiger charge is -2.11.